The van der Waals surface area contributed by atoms with Gasteiger partial charge in [0.25, 0.3) is 0 Å². The van der Waals surface area contributed by atoms with Gasteiger partial charge in [0.05, 0.1) is 0 Å². The SMILES string of the molecule is CSc1csc2cc(Br)cc(CBr)c12. The maximum Gasteiger partial charge on any atom is 0.0368 e. The molecule has 14 heavy (non-hydrogen) atoms. The van der Waals surface area contributed by atoms with Crippen LogP contribution >= 0.6 is 55.0 Å². The molecule has 1 heterocycles. The van der Waals surface area contributed by atoms with Crippen molar-refractivity contribution in [3.8, 4) is 0 Å². The number of alkyl halides is 1. The number of hydrogen-bond acceptors (Lipinski definition) is 2. The Hall–Kier alpha value is 0.490. The van der Waals surface area contributed by atoms with Gasteiger partial charge in [-0.2, -0.15) is 0 Å². The molecule has 0 atom stereocenters. The highest BCUT2D eigenvalue weighted by atomic mass is 79.9. The fourth-order valence-electron chi connectivity index (χ4n) is 1.44. The zero-order chi connectivity index (χ0) is 10.1. The van der Waals surface area contributed by atoms with E-state index in [1.54, 1.807) is 0 Å². The highest BCUT2D eigenvalue weighted by molar-refractivity contribution is 9.10. The van der Waals surface area contributed by atoms with Gasteiger partial charge in [-0.3, -0.25) is 0 Å². The molecule has 0 N–H and O–H groups in total. The molecule has 0 saturated carbocycles. The van der Waals surface area contributed by atoms with Crippen LogP contribution in [0.15, 0.2) is 26.9 Å². The van der Waals surface area contributed by atoms with Crippen molar-refractivity contribution in [2.24, 2.45) is 0 Å². The van der Waals surface area contributed by atoms with Crippen LogP contribution in [-0.4, -0.2) is 6.26 Å². The minimum Gasteiger partial charge on any atom is -0.143 e. The van der Waals surface area contributed by atoms with Crippen molar-refractivity contribution in [1.29, 1.82) is 0 Å². The van der Waals surface area contributed by atoms with Crippen LogP contribution in [0.25, 0.3) is 10.1 Å². The summed E-state index contributed by atoms with van der Waals surface area (Å²) in [6, 6.07) is 4.37. The second kappa shape index (κ2) is 4.56. The predicted molar refractivity (Wildman–Crippen MR) is 73.9 cm³/mol. The topological polar surface area (TPSA) is 0 Å². The first-order valence-electron chi connectivity index (χ1n) is 4.06. The highest BCUT2D eigenvalue weighted by Crippen LogP contribution is 2.37. The molecule has 0 aliphatic rings. The van der Waals surface area contributed by atoms with E-state index in [4.69, 9.17) is 0 Å². The van der Waals surface area contributed by atoms with E-state index in [0.717, 1.165) is 9.80 Å². The van der Waals surface area contributed by atoms with E-state index in [1.807, 2.05) is 23.1 Å². The molecule has 4 heteroatoms. The molecule has 74 valence electrons. The second-order valence-electron chi connectivity index (χ2n) is 2.88. The van der Waals surface area contributed by atoms with Crippen molar-refractivity contribution in [2.45, 2.75) is 10.2 Å². The number of benzene rings is 1. The largest absolute Gasteiger partial charge is 0.143 e. The van der Waals surface area contributed by atoms with Gasteiger partial charge in [-0.1, -0.05) is 31.9 Å². The van der Waals surface area contributed by atoms with Crippen LogP contribution in [0.4, 0.5) is 0 Å². The predicted octanol–water partition coefficient (Wildman–Crippen LogP) is 5.28. The number of thiophene rings is 1. The molecule has 0 aliphatic heterocycles. The third-order valence-corrected chi connectivity index (χ3v) is 4.95. The Kier molecular flexibility index (Phi) is 3.58. The van der Waals surface area contributed by atoms with Gasteiger partial charge in [0.2, 0.25) is 0 Å². The quantitative estimate of drug-likeness (QED) is 0.523. The molecular weight excluding hydrogens is 344 g/mol. The summed E-state index contributed by atoms with van der Waals surface area (Å²) in [5.41, 5.74) is 1.36. The van der Waals surface area contributed by atoms with Gasteiger partial charge in [0, 0.05) is 30.2 Å². The Morgan fingerprint density at radius 2 is 2.21 bits per heavy atom. The van der Waals surface area contributed by atoms with E-state index >= 15 is 0 Å². The molecule has 0 saturated heterocycles. The maximum atomic E-state index is 3.54. The van der Waals surface area contributed by atoms with Crippen LogP contribution in [0.1, 0.15) is 5.56 Å². The molecule has 0 aliphatic carbocycles. The Balaban J connectivity index is 2.78. The van der Waals surface area contributed by atoms with Crippen molar-refractivity contribution >= 4 is 65.0 Å². The molecule has 0 fully saturated rings. The molecule has 0 spiro atoms. The summed E-state index contributed by atoms with van der Waals surface area (Å²) >= 11 is 10.7. The lowest BCUT2D eigenvalue weighted by atomic mass is 10.1. The number of thioether (sulfide) groups is 1. The lowest BCUT2D eigenvalue weighted by Crippen LogP contribution is -1.80. The molecular formula is C10H8Br2S2. The fraction of sp³-hybridized carbons (Fsp3) is 0.200. The minimum absolute atomic E-state index is 0.910. The Morgan fingerprint density at radius 3 is 2.86 bits per heavy atom. The molecule has 1 aromatic carbocycles. The van der Waals surface area contributed by atoms with Crippen molar-refractivity contribution in [3.63, 3.8) is 0 Å². The fourth-order valence-corrected chi connectivity index (χ4v) is 4.48. The first-order chi connectivity index (χ1) is 6.76. The number of hydrogen-bond donors (Lipinski definition) is 0. The van der Waals surface area contributed by atoms with Gasteiger partial charge >= 0.3 is 0 Å². The smallest absolute Gasteiger partial charge is 0.0368 e. The monoisotopic (exact) mass is 350 g/mol. The third-order valence-electron chi connectivity index (χ3n) is 2.05. The van der Waals surface area contributed by atoms with Crippen LogP contribution in [0, 0.1) is 0 Å². The lowest BCUT2D eigenvalue weighted by Gasteiger charge is -2.02. The maximum absolute atomic E-state index is 3.54. The third kappa shape index (κ3) is 1.90. The van der Waals surface area contributed by atoms with Gasteiger partial charge in [-0.05, 0) is 24.0 Å². The van der Waals surface area contributed by atoms with Gasteiger partial charge in [-0.25, -0.2) is 0 Å². The first kappa shape index (κ1) is 11.0. The van der Waals surface area contributed by atoms with E-state index in [-0.39, 0.29) is 0 Å². The number of rotatable bonds is 2. The first-order valence-corrected chi connectivity index (χ1v) is 8.07. The molecule has 0 bridgehead atoms. The standard InChI is InChI=1S/C10H8Br2S2/c1-13-9-5-14-8-3-7(12)2-6(4-11)10(8)9/h2-3,5H,4H2,1H3. The van der Waals surface area contributed by atoms with Gasteiger partial charge < -0.3 is 0 Å². The number of fused-ring (bicyclic) bond motifs is 1. The highest BCUT2D eigenvalue weighted by Gasteiger charge is 2.08. The van der Waals surface area contributed by atoms with Crippen LogP contribution in [0.2, 0.25) is 0 Å². The normalized spacial score (nSPS) is 11.1. The summed E-state index contributed by atoms with van der Waals surface area (Å²) in [7, 11) is 0. The Bertz CT molecular complexity index is 462. The molecule has 0 nitrogen and oxygen atoms in total. The van der Waals surface area contributed by atoms with E-state index in [9.17, 15) is 0 Å². The van der Waals surface area contributed by atoms with Crippen molar-refractivity contribution in [1.82, 2.24) is 0 Å². The van der Waals surface area contributed by atoms with Crippen LogP contribution in [0.5, 0.6) is 0 Å². The van der Waals surface area contributed by atoms with Crippen LogP contribution in [-0.2, 0) is 5.33 Å². The molecule has 1 aromatic heterocycles. The van der Waals surface area contributed by atoms with Crippen molar-refractivity contribution < 1.29 is 0 Å². The van der Waals surface area contributed by atoms with E-state index in [2.05, 4.69) is 55.6 Å². The van der Waals surface area contributed by atoms with E-state index in [1.165, 1.54) is 20.5 Å². The van der Waals surface area contributed by atoms with E-state index < -0.39 is 0 Å². The molecule has 0 amide bonds. The summed E-state index contributed by atoms with van der Waals surface area (Å²) in [5, 5.41) is 4.55. The van der Waals surface area contributed by atoms with Gasteiger partial charge in [-0.15, -0.1) is 23.1 Å². The van der Waals surface area contributed by atoms with Crippen molar-refractivity contribution in [3.05, 3.63) is 27.5 Å². The summed E-state index contributed by atoms with van der Waals surface area (Å²) in [5.74, 6) is 0. The number of halogens is 2. The van der Waals surface area contributed by atoms with Gasteiger partial charge in [0.1, 0.15) is 0 Å². The van der Waals surface area contributed by atoms with Crippen molar-refractivity contribution in [2.75, 3.05) is 6.26 Å². The van der Waals surface area contributed by atoms with E-state index in [0.29, 0.717) is 0 Å². The summed E-state index contributed by atoms with van der Waals surface area (Å²) in [4.78, 5) is 1.38. The van der Waals surface area contributed by atoms with Crippen LogP contribution in [0.3, 0.4) is 0 Å². The summed E-state index contributed by atoms with van der Waals surface area (Å²) in [6.07, 6.45) is 2.13. The molecule has 2 aromatic rings. The zero-order valence-corrected chi connectivity index (χ0v) is 12.3. The summed E-state index contributed by atoms with van der Waals surface area (Å²) in [6.45, 7) is 0. The molecule has 2 rings (SSSR count). The lowest BCUT2D eigenvalue weighted by molar-refractivity contribution is 1.45. The minimum atomic E-state index is 0.910. The zero-order valence-electron chi connectivity index (χ0n) is 7.51. The summed E-state index contributed by atoms with van der Waals surface area (Å²) < 4.78 is 2.52. The molecule has 0 radical (unpaired) electrons. The Morgan fingerprint density at radius 1 is 1.43 bits per heavy atom. The van der Waals surface area contributed by atoms with Crippen LogP contribution < -0.4 is 0 Å². The average molecular weight is 352 g/mol. The molecule has 0 unspecified atom stereocenters. The second-order valence-corrected chi connectivity index (χ2v) is 6.11. The average Bonchev–Trinajstić information content (AvgIpc) is 2.59. The Labute approximate surface area is 108 Å². The van der Waals surface area contributed by atoms with Gasteiger partial charge in [0.15, 0.2) is 0 Å².